The topological polar surface area (TPSA) is 61.4 Å². The van der Waals surface area contributed by atoms with Gasteiger partial charge >= 0.3 is 0 Å². The molecule has 1 aliphatic rings. The molecule has 0 aliphatic carbocycles. The molecule has 0 spiro atoms. The number of rotatable bonds is 6. The number of likely N-dealkylation sites (tertiary alicyclic amines) is 1. The van der Waals surface area contributed by atoms with Gasteiger partial charge in [-0.1, -0.05) is 13.8 Å². The van der Waals surface area contributed by atoms with Crippen molar-refractivity contribution in [2.24, 2.45) is 5.92 Å². The fourth-order valence-electron chi connectivity index (χ4n) is 2.23. The second kappa shape index (κ2) is 7.36. The molecule has 0 aromatic carbocycles. The fourth-order valence-corrected chi connectivity index (χ4v) is 2.23. The number of nitrogens with zero attached hydrogens (tertiary/aromatic N) is 1. The van der Waals surface area contributed by atoms with E-state index in [1.807, 2.05) is 20.9 Å². The van der Waals surface area contributed by atoms with Crippen LogP contribution in [0.2, 0.25) is 0 Å². The van der Waals surface area contributed by atoms with E-state index in [2.05, 4.69) is 10.6 Å². The molecule has 1 aliphatic heterocycles. The summed E-state index contributed by atoms with van der Waals surface area (Å²) in [5.74, 6) is 0.433. The zero-order valence-electron chi connectivity index (χ0n) is 11.7. The van der Waals surface area contributed by atoms with Crippen LogP contribution in [0.5, 0.6) is 0 Å². The molecule has 2 amide bonds. The van der Waals surface area contributed by atoms with Gasteiger partial charge in [-0.25, -0.2) is 0 Å². The van der Waals surface area contributed by atoms with Crippen molar-refractivity contribution in [3.8, 4) is 0 Å². The number of carbonyl (C=O) groups is 2. The van der Waals surface area contributed by atoms with E-state index in [1.54, 1.807) is 4.90 Å². The Kier molecular flexibility index (Phi) is 6.12. The van der Waals surface area contributed by atoms with Gasteiger partial charge in [-0.15, -0.1) is 0 Å². The summed E-state index contributed by atoms with van der Waals surface area (Å²) >= 11 is 0. The third-order valence-corrected chi connectivity index (χ3v) is 3.13. The van der Waals surface area contributed by atoms with Crippen molar-refractivity contribution in [1.82, 2.24) is 15.5 Å². The summed E-state index contributed by atoms with van der Waals surface area (Å²) in [6, 6.07) is -0.256. The minimum Gasteiger partial charge on any atom is -0.353 e. The van der Waals surface area contributed by atoms with Crippen molar-refractivity contribution in [2.45, 2.75) is 39.2 Å². The number of likely N-dealkylation sites (N-methyl/N-ethyl adjacent to an activating group) is 1. The quantitative estimate of drug-likeness (QED) is 0.674. The Morgan fingerprint density at radius 2 is 2.06 bits per heavy atom. The first-order valence-electron chi connectivity index (χ1n) is 6.78. The average molecular weight is 255 g/mol. The highest BCUT2D eigenvalue weighted by Gasteiger charge is 2.33. The Hall–Kier alpha value is -1.10. The molecule has 1 atom stereocenters. The maximum absolute atomic E-state index is 12.0. The predicted octanol–water partition coefficient (Wildman–Crippen LogP) is 0.359. The SMILES string of the molecule is CNCCNC(=O)[C@@H]1CCCN1C(=O)CC(C)C. The summed E-state index contributed by atoms with van der Waals surface area (Å²) in [6.07, 6.45) is 2.24. The van der Waals surface area contributed by atoms with E-state index in [9.17, 15) is 9.59 Å². The zero-order valence-corrected chi connectivity index (χ0v) is 11.7. The lowest BCUT2D eigenvalue weighted by atomic mass is 10.1. The minimum absolute atomic E-state index is 0.0140. The van der Waals surface area contributed by atoms with Crippen LogP contribution in [0.1, 0.15) is 33.1 Å². The van der Waals surface area contributed by atoms with E-state index >= 15 is 0 Å². The van der Waals surface area contributed by atoms with Gasteiger partial charge in [0.25, 0.3) is 0 Å². The highest BCUT2D eigenvalue weighted by Crippen LogP contribution is 2.19. The molecule has 0 radical (unpaired) electrons. The number of amides is 2. The van der Waals surface area contributed by atoms with Crippen molar-refractivity contribution < 1.29 is 9.59 Å². The van der Waals surface area contributed by atoms with Crippen molar-refractivity contribution in [3.63, 3.8) is 0 Å². The maximum atomic E-state index is 12.0. The van der Waals surface area contributed by atoms with Gasteiger partial charge in [0.15, 0.2) is 0 Å². The first kappa shape index (κ1) is 15.0. The molecule has 104 valence electrons. The van der Waals surface area contributed by atoms with Crippen LogP contribution < -0.4 is 10.6 Å². The van der Waals surface area contributed by atoms with Gasteiger partial charge in [0.2, 0.25) is 11.8 Å². The van der Waals surface area contributed by atoms with Gasteiger partial charge in [0.1, 0.15) is 6.04 Å². The van der Waals surface area contributed by atoms with Crippen molar-refractivity contribution in [2.75, 3.05) is 26.7 Å². The van der Waals surface area contributed by atoms with Crippen molar-refractivity contribution in [3.05, 3.63) is 0 Å². The molecule has 0 aromatic heterocycles. The van der Waals surface area contributed by atoms with E-state index in [-0.39, 0.29) is 17.9 Å². The molecule has 1 fully saturated rings. The second-order valence-corrected chi connectivity index (χ2v) is 5.24. The van der Waals surface area contributed by atoms with Crippen LogP contribution in [-0.4, -0.2) is 49.4 Å². The monoisotopic (exact) mass is 255 g/mol. The largest absolute Gasteiger partial charge is 0.353 e. The van der Waals surface area contributed by atoms with E-state index in [0.29, 0.717) is 18.9 Å². The highest BCUT2D eigenvalue weighted by atomic mass is 16.2. The molecular weight excluding hydrogens is 230 g/mol. The highest BCUT2D eigenvalue weighted by molar-refractivity contribution is 5.88. The summed E-state index contributed by atoms with van der Waals surface area (Å²) < 4.78 is 0. The third-order valence-electron chi connectivity index (χ3n) is 3.13. The van der Waals surface area contributed by atoms with Crippen LogP contribution in [-0.2, 0) is 9.59 Å². The van der Waals surface area contributed by atoms with Crippen molar-refractivity contribution in [1.29, 1.82) is 0 Å². The lowest BCUT2D eigenvalue weighted by Gasteiger charge is -2.24. The van der Waals surface area contributed by atoms with E-state index < -0.39 is 0 Å². The van der Waals surface area contributed by atoms with Crippen LogP contribution >= 0.6 is 0 Å². The Balaban J connectivity index is 2.48. The number of hydrogen-bond donors (Lipinski definition) is 2. The fraction of sp³-hybridized carbons (Fsp3) is 0.846. The third kappa shape index (κ3) is 4.29. The summed E-state index contributed by atoms with van der Waals surface area (Å²) in [5, 5.41) is 5.85. The minimum atomic E-state index is -0.256. The average Bonchev–Trinajstić information content (AvgIpc) is 2.77. The van der Waals surface area contributed by atoms with Crippen LogP contribution in [0.3, 0.4) is 0 Å². The first-order valence-corrected chi connectivity index (χ1v) is 6.78. The molecule has 0 unspecified atom stereocenters. The van der Waals surface area contributed by atoms with E-state index in [4.69, 9.17) is 0 Å². The summed E-state index contributed by atoms with van der Waals surface area (Å²) in [6.45, 7) is 6.12. The van der Waals surface area contributed by atoms with Gasteiger partial charge in [0, 0.05) is 26.1 Å². The summed E-state index contributed by atoms with van der Waals surface area (Å²) in [7, 11) is 1.85. The first-order chi connectivity index (χ1) is 8.56. The van der Waals surface area contributed by atoms with Crippen LogP contribution in [0.4, 0.5) is 0 Å². The van der Waals surface area contributed by atoms with Gasteiger partial charge in [-0.2, -0.15) is 0 Å². The van der Waals surface area contributed by atoms with Crippen LogP contribution in [0, 0.1) is 5.92 Å². The Labute approximate surface area is 109 Å². The lowest BCUT2D eigenvalue weighted by Crippen LogP contribution is -2.47. The molecule has 0 aromatic rings. The van der Waals surface area contributed by atoms with Gasteiger partial charge < -0.3 is 15.5 Å². The van der Waals surface area contributed by atoms with Crippen LogP contribution in [0.15, 0.2) is 0 Å². The lowest BCUT2D eigenvalue weighted by molar-refractivity contribution is -0.139. The Bertz CT molecular complexity index is 292. The standard InChI is InChI=1S/C13H25N3O2/c1-10(2)9-12(17)16-8-4-5-11(16)13(18)15-7-6-14-3/h10-11,14H,4-9H2,1-3H3,(H,15,18)/t11-/m0/s1. The molecule has 5 nitrogen and oxygen atoms in total. The number of nitrogens with one attached hydrogen (secondary N) is 2. The predicted molar refractivity (Wildman–Crippen MR) is 71.1 cm³/mol. The maximum Gasteiger partial charge on any atom is 0.242 e. The van der Waals surface area contributed by atoms with Gasteiger partial charge in [-0.05, 0) is 25.8 Å². The summed E-state index contributed by atoms with van der Waals surface area (Å²) in [4.78, 5) is 25.8. The van der Waals surface area contributed by atoms with Crippen molar-refractivity contribution >= 4 is 11.8 Å². The van der Waals surface area contributed by atoms with Gasteiger partial charge in [0.05, 0.1) is 0 Å². The molecule has 1 heterocycles. The van der Waals surface area contributed by atoms with E-state index in [0.717, 1.165) is 25.9 Å². The molecule has 18 heavy (non-hydrogen) atoms. The molecule has 1 rings (SSSR count). The molecular formula is C13H25N3O2. The number of hydrogen-bond acceptors (Lipinski definition) is 3. The Morgan fingerprint density at radius 1 is 1.33 bits per heavy atom. The van der Waals surface area contributed by atoms with Gasteiger partial charge in [-0.3, -0.25) is 9.59 Å². The van der Waals surface area contributed by atoms with Crippen LogP contribution in [0.25, 0.3) is 0 Å². The smallest absolute Gasteiger partial charge is 0.242 e. The zero-order chi connectivity index (χ0) is 13.5. The molecule has 2 N–H and O–H groups in total. The molecule has 5 heteroatoms. The second-order valence-electron chi connectivity index (χ2n) is 5.24. The number of carbonyl (C=O) groups excluding carboxylic acids is 2. The normalized spacial score (nSPS) is 19.3. The Morgan fingerprint density at radius 3 is 2.67 bits per heavy atom. The molecule has 0 saturated carbocycles. The summed E-state index contributed by atoms with van der Waals surface area (Å²) in [5.41, 5.74) is 0. The molecule has 1 saturated heterocycles. The molecule has 0 bridgehead atoms. The van der Waals surface area contributed by atoms with E-state index in [1.165, 1.54) is 0 Å².